The lowest BCUT2D eigenvalue weighted by Gasteiger charge is -2.27. The first-order valence-corrected chi connectivity index (χ1v) is 8.25. The van der Waals surface area contributed by atoms with Crippen LogP contribution >= 0.6 is 0 Å². The maximum absolute atomic E-state index is 12.9. The van der Waals surface area contributed by atoms with Crippen LogP contribution in [0.4, 0.5) is 4.79 Å². The van der Waals surface area contributed by atoms with Gasteiger partial charge in [-0.2, -0.15) is 5.26 Å². The number of fused-ring (bicyclic) bond motifs is 1. The molecule has 2 aliphatic rings. The van der Waals surface area contributed by atoms with Crippen LogP contribution in [0.15, 0.2) is 18.2 Å². The van der Waals surface area contributed by atoms with Crippen molar-refractivity contribution in [2.45, 2.75) is 51.0 Å². The van der Waals surface area contributed by atoms with Gasteiger partial charge >= 0.3 is 6.03 Å². The van der Waals surface area contributed by atoms with Gasteiger partial charge in [0.15, 0.2) is 0 Å². The number of amides is 3. The van der Waals surface area contributed by atoms with Gasteiger partial charge in [0.25, 0.3) is 5.91 Å². The predicted octanol–water partition coefficient (Wildman–Crippen LogP) is 2.64. The number of nitrogens with one attached hydrogen (secondary N) is 1. The van der Waals surface area contributed by atoms with E-state index >= 15 is 0 Å². The van der Waals surface area contributed by atoms with Crippen LogP contribution in [0.2, 0.25) is 0 Å². The summed E-state index contributed by atoms with van der Waals surface area (Å²) in [4.78, 5) is 26.3. The molecule has 5 heteroatoms. The van der Waals surface area contributed by atoms with Crippen molar-refractivity contribution in [1.82, 2.24) is 10.2 Å². The SMILES string of the molecule is CCC1(c2ccc3c(c2)CCCC3)NC(=O)N(CCC#N)C1=O. The minimum absolute atomic E-state index is 0.147. The number of nitriles is 1. The van der Waals surface area contributed by atoms with Crippen molar-refractivity contribution in [3.05, 3.63) is 34.9 Å². The van der Waals surface area contributed by atoms with Crippen LogP contribution in [0.5, 0.6) is 0 Å². The van der Waals surface area contributed by atoms with Gasteiger partial charge in [-0.05, 0) is 48.8 Å². The Morgan fingerprint density at radius 3 is 2.70 bits per heavy atom. The number of carbonyl (C=O) groups excluding carboxylic acids is 2. The molecule has 0 saturated carbocycles. The van der Waals surface area contributed by atoms with Crippen molar-refractivity contribution in [3.8, 4) is 6.07 Å². The second-order valence-electron chi connectivity index (χ2n) is 6.24. The van der Waals surface area contributed by atoms with Crippen LogP contribution in [0, 0.1) is 11.3 Å². The van der Waals surface area contributed by atoms with Crippen LogP contribution in [0.3, 0.4) is 0 Å². The summed E-state index contributed by atoms with van der Waals surface area (Å²) in [5.41, 5.74) is 2.51. The third kappa shape index (κ3) is 2.48. The number of aryl methyl sites for hydroxylation is 2. The van der Waals surface area contributed by atoms with Crippen molar-refractivity contribution in [2.24, 2.45) is 0 Å². The summed E-state index contributed by atoms with van der Waals surface area (Å²) in [6.07, 6.45) is 5.15. The maximum atomic E-state index is 12.9. The highest BCUT2D eigenvalue weighted by Crippen LogP contribution is 2.34. The standard InChI is InChI=1S/C18H21N3O2/c1-2-18(16(22)21(11-5-10-19)17(23)20-18)15-9-8-13-6-3-4-7-14(13)12-15/h8-9,12H,2-7,11H2,1H3,(H,20,23). The fourth-order valence-electron chi connectivity index (χ4n) is 3.63. The minimum atomic E-state index is -0.987. The van der Waals surface area contributed by atoms with E-state index in [1.807, 2.05) is 19.1 Å². The first-order valence-electron chi connectivity index (χ1n) is 8.25. The summed E-state index contributed by atoms with van der Waals surface area (Å²) in [5.74, 6) is -0.240. The number of nitrogens with zero attached hydrogens (tertiary/aromatic N) is 2. The molecule has 1 aliphatic heterocycles. The number of imide groups is 1. The van der Waals surface area contributed by atoms with Gasteiger partial charge < -0.3 is 5.32 Å². The van der Waals surface area contributed by atoms with Crippen molar-refractivity contribution in [3.63, 3.8) is 0 Å². The van der Waals surface area contributed by atoms with Gasteiger partial charge in [0.2, 0.25) is 0 Å². The van der Waals surface area contributed by atoms with Gasteiger partial charge in [0, 0.05) is 6.54 Å². The van der Waals surface area contributed by atoms with E-state index in [4.69, 9.17) is 5.26 Å². The van der Waals surface area contributed by atoms with E-state index in [-0.39, 0.29) is 18.9 Å². The van der Waals surface area contributed by atoms with Crippen molar-refractivity contribution in [1.29, 1.82) is 5.26 Å². The fraction of sp³-hybridized carbons (Fsp3) is 0.500. The lowest BCUT2D eigenvalue weighted by Crippen LogP contribution is -2.43. The Balaban J connectivity index is 1.97. The molecule has 1 atom stereocenters. The molecule has 1 saturated heterocycles. The van der Waals surface area contributed by atoms with Gasteiger partial charge in [-0.1, -0.05) is 25.1 Å². The molecule has 0 bridgehead atoms. The van der Waals surface area contributed by atoms with Crippen LogP contribution < -0.4 is 5.32 Å². The summed E-state index contributed by atoms with van der Waals surface area (Å²) in [6, 6.07) is 7.74. The van der Waals surface area contributed by atoms with Gasteiger partial charge in [-0.25, -0.2) is 4.79 Å². The van der Waals surface area contributed by atoms with Crippen LogP contribution in [-0.4, -0.2) is 23.4 Å². The molecule has 23 heavy (non-hydrogen) atoms. The molecule has 1 fully saturated rings. The third-order valence-corrected chi connectivity index (χ3v) is 4.99. The second kappa shape index (κ2) is 6.04. The number of hydrogen-bond donors (Lipinski definition) is 1. The summed E-state index contributed by atoms with van der Waals surface area (Å²) >= 11 is 0. The Hall–Kier alpha value is -2.35. The first kappa shape index (κ1) is 15.5. The summed E-state index contributed by atoms with van der Waals surface area (Å²) in [5, 5.41) is 11.6. The Morgan fingerprint density at radius 1 is 1.26 bits per heavy atom. The number of rotatable bonds is 4. The molecule has 0 spiro atoms. The molecule has 1 aromatic carbocycles. The fourth-order valence-corrected chi connectivity index (χ4v) is 3.63. The molecule has 1 aromatic rings. The van der Waals surface area contributed by atoms with Gasteiger partial charge in [-0.15, -0.1) is 0 Å². The number of urea groups is 1. The quantitative estimate of drug-likeness (QED) is 0.869. The molecule has 5 nitrogen and oxygen atoms in total. The molecule has 0 aromatic heterocycles. The molecule has 3 rings (SSSR count). The molecule has 1 N–H and O–H groups in total. The average Bonchev–Trinajstić information content (AvgIpc) is 2.83. The zero-order chi connectivity index (χ0) is 16.4. The molecule has 120 valence electrons. The summed E-state index contributed by atoms with van der Waals surface area (Å²) in [6.45, 7) is 2.05. The highest BCUT2D eigenvalue weighted by atomic mass is 16.2. The van der Waals surface area contributed by atoms with Gasteiger partial charge in [0.1, 0.15) is 5.54 Å². The van der Waals surface area contributed by atoms with E-state index in [1.54, 1.807) is 0 Å². The molecular formula is C18H21N3O2. The normalized spacial score (nSPS) is 23.4. The lowest BCUT2D eigenvalue weighted by molar-refractivity contribution is -0.131. The lowest BCUT2D eigenvalue weighted by atomic mass is 9.82. The monoisotopic (exact) mass is 311 g/mol. The molecular weight excluding hydrogens is 290 g/mol. The number of hydrogen-bond acceptors (Lipinski definition) is 3. The maximum Gasteiger partial charge on any atom is 0.325 e. The molecule has 1 unspecified atom stereocenters. The van der Waals surface area contributed by atoms with Crippen LogP contribution in [0.1, 0.15) is 49.3 Å². The average molecular weight is 311 g/mol. The highest BCUT2D eigenvalue weighted by Gasteiger charge is 2.51. The van der Waals surface area contributed by atoms with E-state index in [1.165, 1.54) is 28.9 Å². The van der Waals surface area contributed by atoms with E-state index in [9.17, 15) is 9.59 Å². The third-order valence-electron chi connectivity index (χ3n) is 4.99. The minimum Gasteiger partial charge on any atom is -0.319 e. The molecule has 3 amide bonds. The molecule has 1 heterocycles. The number of carbonyl (C=O) groups is 2. The zero-order valence-corrected chi connectivity index (χ0v) is 13.4. The Bertz CT molecular complexity index is 692. The predicted molar refractivity (Wildman–Crippen MR) is 85.5 cm³/mol. The Morgan fingerprint density at radius 2 is 2.00 bits per heavy atom. The van der Waals surface area contributed by atoms with E-state index < -0.39 is 11.6 Å². The van der Waals surface area contributed by atoms with E-state index in [2.05, 4.69) is 17.4 Å². The topological polar surface area (TPSA) is 73.2 Å². The Labute approximate surface area is 136 Å². The van der Waals surface area contributed by atoms with Gasteiger partial charge in [0.05, 0.1) is 12.5 Å². The van der Waals surface area contributed by atoms with Crippen molar-refractivity contribution >= 4 is 11.9 Å². The van der Waals surface area contributed by atoms with E-state index in [0.717, 1.165) is 18.4 Å². The number of benzene rings is 1. The second-order valence-corrected chi connectivity index (χ2v) is 6.24. The van der Waals surface area contributed by atoms with Crippen LogP contribution in [0.25, 0.3) is 0 Å². The molecule has 1 aliphatic carbocycles. The van der Waals surface area contributed by atoms with Crippen molar-refractivity contribution in [2.75, 3.05) is 6.54 Å². The largest absolute Gasteiger partial charge is 0.325 e. The first-order chi connectivity index (χ1) is 11.1. The van der Waals surface area contributed by atoms with E-state index in [0.29, 0.717) is 6.42 Å². The summed E-state index contributed by atoms with van der Waals surface area (Å²) < 4.78 is 0. The summed E-state index contributed by atoms with van der Waals surface area (Å²) in [7, 11) is 0. The Kier molecular flexibility index (Phi) is 4.08. The van der Waals surface area contributed by atoms with Crippen LogP contribution in [-0.2, 0) is 23.2 Å². The smallest absolute Gasteiger partial charge is 0.319 e. The van der Waals surface area contributed by atoms with Crippen molar-refractivity contribution < 1.29 is 9.59 Å². The molecule has 0 radical (unpaired) electrons. The van der Waals surface area contributed by atoms with Gasteiger partial charge in [-0.3, -0.25) is 9.69 Å². The zero-order valence-electron chi connectivity index (χ0n) is 13.4. The highest BCUT2D eigenvalue weighted by molar-refractivity contribution is 6.07.